The van der Waals surface area contributed by atoms with Crippen molar-refractivity contribution in [1.82, 2.24) is 0 Å². The van der Waals surface area contributed by atoms with Gasteiger partial charge in [0.25, 0.3) is 0 Å². The second-order valence-electron chi connectivity index (χ2n) is 17.5. The number of esters is 2. The molecular weight excluding hydrogens is 750 g/mol. The van der Waals surface area contributed by atoms with Crippen molar-refractivity contribution in [3.8, 4) is 0 Å². The van der Waals surface area contributed by atoms with Crippen molar-refractivity contribution < 1.29 is 42.1 Å². The van der Waals surface area contributed by atoms with Crippen LogP contribution in [0.3, 0.4) is 0 Å². The summed E-state index contributed by atoms with van der Waals surface area (Å²) in [4.78, 5) is 35.4. The van der Waals surface area contributed by atoms with Gasteiger partial charge in [-0.3, -0.25) is 18.6 Å². The lowest BCUT2D eigenvalue weighted by Gasteiger charge is -2.24. The number of hydrogen-bond donors (Lipinski definition) is 1. The van der Waals surface area contributed by atoms with Crippen LogP contribution in [0.4, 0.5) is 0 Å². The Morgan fingerprint density at radius 3 is 1.29 bits per heavy atom. The molecule has 1 unspecified atom stereocenters. The molecule has 0 heterocycles. The second-order valence-corrected chi connectivity index (χ2v) is 18.9. The lowest BCUT2D eigenvalue weighted by Crippen LogP contribution is -2.37. The zero-order chi connectivity index (χ0) is 42.8. The van der Waals surface area contributed by atoms with E-state index in [9.17, 15) is 19.0 Å². The molecule has 0 aliphatic heterocycles. The molecule has 0 aromatic carbocycles. The molecule has 9 nitrogen and oxygen atoms in total. The Hall–Kier alpha value is -1.51. The first-order chi connectivity index (χ1) is 28.0. The number of unbranched alkanes of at least 4 members (excludes halogenated alkanes) is 26. The smallest absolute Gasteiger partial charge is 0.462 e. The van der Waals surface area contributed by atoms with Crippen molar-refractivity contribution in [2.45, 2.75) is 225 Å². The van der Waals surface area contributed by atoms with Crippen LogP contribution in [0.25, 0.3) is 0 Å². The number of phosphoric acid groups is 1. The van der Waals surface area contributed by atoms with Crippen LogP contribution in [0.15, 0.2) is 24.3 Å². The number of carbonyl (C=O) groups is 2. The van der Waals surface area contributed by atoms with E-state index in [1.807, 2.05) is 21.1 Å². The van der Waals surface area contributed by atoms with Crippen LogP contribution in [0, 0.1) is 0 Å². The highest BCUT2D eigenvalue weighted by molar-refractivity contribution is 7.47. The lowest BCUT2D eigenvalue weighted by molar-refractivity contribution is -0.870. The minimum atomic E-state index is -4.38. The van der Waals surface area contributed by atoms with Crippen LogP contribution in [-0.4, -0.2) is 74.9 Å². The molecule has 0 saturated heterocycles. The summed E-state index contributed by atoms with van der Waals surface area (Å²) in [7, 11) is 1.48. The van der Waals surface area contributed by atoms with Crippen molar-refractivity contribution in [2.75, 3.05) is 47.5 Å². The van der Waals surface area contributed by atoms with Crippen LogP contribution in [0.1, 0.15) is 219 Å². The standard InChI is InChI=1S/C48H92NO8P/c1-6-8-10-12-14-16-18-20-22-23-24-25-27-29-31-33-35-37-39-41-48(51)57-46(45-56-58(52,53)55-43-42-49(3,4)5)44-54-47(50)40-38-36-34-32-30-28-26-21-19-17-15-13-11-9-7-2/h17,19-20,22,46H,6-16,18,21,23-45H2,1-5H3/p+1/b19-17+,22-20+/t46-/m1/s1. The minimum Gasteiger partial charge on any atom is -0.462 e. The predicted octanol–water partition coefficient (Wildman–Crippen LogP) is 13.9. The zero-order valence-electron chi connectivity index (χ0n) is 38.5. The molecule has 0 aliphatic carbocycles. The van der Waals surface area contributed by atoms with Gasteiger partial charge >= 0.3 is 19.8 Å². The number of phosphoric ester groups is 1. The number of nitrogens with zero attached hydrogens (tertiary/aromatic N) is 1. The molecule has 0 aliphatic rings. The SMILES string of the molecule is CCCCCC/C=C/CCCCCCCCCC(=O)OC[C@H](COP(=O)(O)OCC[N+](C)(C)C)OC(=O)CCCCCCCCCCC/C=C/CCCCCCCC. The first kappa shape index (κ1) is 56.5. The summed E-state index contributed by atoms with van der Waals surface area (Å²) in [5.74, 6) is -0.799. The van der Waals surface area contributed by atoms with E-state index >= 15 is 0 Å². The van der Waals surface area contributed by atoms with Crippen LogP contribution in [-0.2, 0) is 32.7 Å². The maximum absolute atomic E-state index is 12.7. The summed E-state index contributed by atoms with van der Waals surface area (Å²) in [5, 5.41) is 0. The lowest BCUT2D eigenvalue weighted by atomic mass is 10.1. The highest BCUT2D eigenvalue weighted by atomic mass is 31.2. The molecule has 0 fully saturated rings. The molecule has 0 spiro atoms. The van der Waals surface area contributed by atoms with E-state index in [2.05, 4.69) is 38.2 Å². The number of allylic oxidation sites excluding steroid dienone is 4. The topological polar surface area (TPSA) is 108 Å². The average Bonchev–Trinajstić information content (AvgIpc) is 3.17. The summed E-state index contributed by atoms with van der Waals surface area (Å²) in [6, 6.07) is 0. The van der Waals surface area contributed by atoms with Gasteiger partial charge in [0.05, 0.1) is 27.7 Å². The van der Waals surface area contributed by atoms with Crippen LogP contribution >= 0.6 is 7.82 Å². The maximum atomic E-state index is 12.7. The Morgan fingerprint density at radius 2 is 0.879 bits per heavy atom. The third kappa shape index (κ3) is 44.1. The molecule has 1 N–H and O–H groups in total. The molecule has 342 valence electrons. The van der Waals surface area contributed by atoms with Gasteiger partial charge in [-0.1, -0.05) is 167 Å². The summed E-state index contributed by atoms with van der Waals surface area (Å²) >= 11 is 0. The highest BCUT2D eigenvalue weighted by Crippen LogP contribution is 2.43. The van der Waals surface area contributed by atoms with Gasteiger partial charge in [-0.25, -0.2) is 4.57 Å². The van der Waals surface area contributed by atoms with E-state index in [0.717, 1.165) is 38.5 Å². The second kappa shape index (κ2) is 40.9. The molecule has 10 heteroatoms. The normalized spacial score (nSPS) is 13.7. The fraction of sp³-hybridized carbons (Fsp3) is 0.875. The third-order valence-electron chi connectivity index (χ3n) is 10.5. The van der Waals surface area contributed by atoms with Crippen molar-refractivity contribution >= 4 is 19.8 Å². The molecule has 0 rings (SSSR count). The van der Waals surface area contributed by atoms with Crippen LogP contribution in [0.5, 0.6) is 0 Å². The van der Waals surface area contributed by atoms with Crippen molar-refractivity contribution in [1.29, 1.82) is 0 Å². The van der Waals surface area contributed by atoms with E-state index in [4.69, 9.17) is 18.5 Å². The Balaban J connectivity index is 4.29. The molecule has 2 atom stereocenters. The summed E-state index contributed by atoms with van der Waals surface area (Å²) in [5.41, 5.74) is 0. The van der Waals surface area contributed by atoms with E-state index < -0.39 is 26.5 Å². The Bertz CT molecular complexity index is 1040. The first-order valence-corrected chi connectivity index (χ1v) is 25.6. The molecule has 0 saturated carbocycles. The molecule has 0 aromatic rings. The monoisotopic (exact) mass is 843 g/mol. The summed E-state index contributed by atoms with van der Waals surface area (Å²) in [6.45, 7) is 4.42. The maximum Gasteiger partial charge on any atom is 0.472 e. The highest BCUT2D eigenvalue weighted by Gasteiger charge is 2.27. The number of rotatable bonds is 44. The van der Waals surface area contributed by atoms with Crippen molar-refractivity contribution in [2.24, 2.45) is 0 Å². The predicted molar refractivity (Wildman–Crippen MR) is 243 cm³/mol. The van der Waals surface area contributed by atoms with E-state index in [1.165, 1.54) is 148 Å². The zero-order valence-corrected chi connectivity index (χ0v) is 39.4. The van der Waals surface area contributed by atoms with Gasteiger partial charge in [0.15, 0.2) is 6.10 Å². The molecule has 0 radical (unpaired) electrons. The molecule has 0 amide bonds. The first-order valence-electron chi connectivity index (χ1n) is 24.1. The number of quaternary nitrogens is 1. The Morgan fingerprint density at radius 1 is 0.517 bits per heavy atom. The molecule has 58 heavy (non-hydrogen) atoms. The van der Waals surface area contributed by atoms with Crippen molar-refractivity contribution in [3.05, 3.63) is 24.3 Å². The summed E-state index contributed by atoms with van der Waals surface area (Å²) < 4.78 is 34.4. The van der Waals surface area contributed by atoms with E-state index in [0.29, 0.717) is 17.4 Å². The van der Waals surface area contributed by atoms with Crippen LogP contribution in [0.2, 0.25) is 0 Å². The Labute approximate surface area is 358 Å². The Kier molecular flexibility index (Phi) is 39.8. The average molecular weight is 843 g/mol. The number of carbonyl (C=O) groups excluding carboxylic acids is 2. The van der Waals surface area contributed by atoms with Gasteiger partial charge in [0.2, 0.25) is 0 Å². The van der Waals surface area contributed by atoms with Gasteiger partial charge in [-0.05, 0) is 64.2 Å². The van der Waals surface area contributed by atoms with Gasteiger partial charge < -0.3 is 18.9 Å². The molecule has 0 aromatic heterocycles. The number of ether oxygens (including phenoxy) is 2. The fourth-order valence-electron chi connectivity index (χ4n) is 6.65. The fourth-order valence-corrected chi connectivity index (χ4v) is 7.39. The van der Waals surface area contributed by atoms with Gasteiger partial charge in [0.1, 0.15) is 19.8 Å². The van der Waals surface area contributed by atoms with E-state index in [-0.39, 0.29) is 32.0 Å². The van der Waals surface area contributed by atoms with Gasteiger partial charge in [-0.15, -0.1) is 0 Å². The number of likely N-dealkylation sites (N-methyl/N-ethyl adjacent to an activating group) is 1. The summed E-state index contributed by atoms with van der Waals surface area (Å²) in [6.07, 6.45) is 45.0. The van der Waals surface area contributed by atoms with Crippen LogP contribution < -0.4 is 0 Å². The quantitative estimate of drug-likeness (QED) is 0.0212. The third-order valence-corrected chi connectivity index (χ3v) is 11.4. The molecule has 0 bridgehead atoms. The number of hydrogen-bond acceptors (Lipinski definition) is 7. The van der Waals surface area contributed by atoms with Crippen molar-refractivity contribution in [3.63, 3.8) is 0 Å². The van der Waals surface area contributed by atoms with E-state index in [1.54, 1.807) is 0 Å². The molecular formula is C48H93NO8P+. The van der Waals surface area contributed by atoms with Gasteiger partial charge in [-0.2, -0.15) is 0 Å². The van der Waals surface area contributed by atoms with Gasteiger partial charge in [0, 0.05) is 12.8 Å². The minimum absolute atomic E-state index is 0.0321. The largest absolute Gasteiger partial charge is 0.472 e.